The summed E-state index contributed by atoms with van der Waals surface area (Å²) in [6.07, 6.45) is 0. The Bertz CT molecular complexity index is 2880. The molecule has 2 aliphatic heterocycles. The normalized spacial score (nSPS) is 13.5. The molecule has 51 heavy (non-hydrogen) atoms. The average molecular weight is 691 g/mol. The van der Waals surface area contributed by atoms with Crippen molar-refractivity contribution in [3.63, 3.8) is 0 Å². The monoisotopic (exact) mass is 690 g/mol. The summed E-state index contributed by atoms with van der Waals surface area (Å²) < 4.78 is 6.52. The number of fused-ring (bicyclic) bond motifs is 9. The fourth-order valence-corrected chi connectivity index (χ4v) is 10.2. The molecule has 9 aromatic rings. The molecule has 8 aromatic carbocycles. The SMILES string of the molecule is Cc1ccc2c(N3c4ccccc4Sc4cc5c(cc43)oc3ccccc35)c3cc(C)ccc3c(N3c4ccccc4Sc4ccccc43)c2c1. The van der Waals surface area contributed by atoms with E-state index in [1.54, 1.807) is 0 Å². The summed E-state index contributed by atoms with van der Waals surface area (Å²) in [5.74, 6) is 0. The van der Waals surface area contributed by atoms with Crippen molar-refractivity contribution in [1.82, 2.24) is 0 Å². The number of furan rings is 1. The zero-order valence-electron chi connectivity index (χ0n) is 28.0. The number of aryl methyl sites for hydroxylation is 2. The predicted octanol–water partition coefficient (Wildman–Crippen LogP) is 14.4. The smallest absolute Gasteiger partial charge is 0.137 e. The van der Waals surface area contributed by atoms with Crippen LogP contribution in [0.2, 0.25) is 0 Å². The van der Waals surface area contributed by atoms with Gasteiger partial charge in [0.15, 0.2) is 0 Å². The van der Waals surface area contributed by atoms with Crippen LogP contribution in [0.3, 0.4) is 0 Å². The van der Waals surface area contributed by atoms with Gasteiger partial charge >= 0.3 is 0 Å². The Morgan fingerprint density at radius 3 is 1.45 bits per heavy atom. The van der Waals surface area contributed by atoms with E-state index in [2.05, 4.69) is 163 Å². The van der Waals surface area contributed by atoms with Gasteiger partial charge < -0.3 is 14.2 Å². The maximum atomic E-state index is 6.52. The lowest BCUT2D eigenvalue weighted by Crippen LogP contribution is -2.18. The third-order valence-electron chi connectivity index (χ3n) is 10.3. The van der Waals surface area contributed by atoms with Crippen molar-refractivity contribution < 1.29 is 4.42 Å². The summed E-state index contributed by atoms with van der Waals surface area (Å²) in [5.41, 5.74) is 11.4. The Balaban J connectivity index is 1.28. The predicted molar refractivity (Wildman–Crippen MR) is 216 cm³/mol. The molecule has 242 valence electrons. The molecule has 0 bridgehead atoms. The summed E-state index contributed by atoms with van der Waals surface area (Å²) in [6, 6.07) is 53.4. The maximum Gasteiger partial charge on any atom is 0.137 e. The molecule has 11 rings (SSSR count). The Kier molecular flexibility index (Phi) is 6.25. The first-order valence-corrected chi connectivity index (χ1v) is 18.9. The molecule has 2 aliphatic rings. The molecule has 3 nitrogen and oxygen atoms in total. The summed E-state index contributed by atoms with van der Waals surface area (Å²) in [5, 5.41) is 7.15. The highest BCUT2D eigenvalue weighted by atomic mass is 32.2. The van der Waals surface area contributed by atoms with Crippen LogP contribution in [0.15, 0.2) is 170 Å². The molecule has 0 fully saturated rings. The first kappa shape index (κ1) is 29.1. The topological polar surface area (TPSA) is 19.6 Å². The summed E-state index contributed by atoms with van der Waals surface area (Å²) in [6.45, 7) is 4.41. The average Bonchev–Trinajstić information content (AvgIpc) is 3.52. The van der Waals surface area contributed by atoms with Crippen LogP contribution in [0.1, 0.15) is 11.1 Å². The molecule has 1 aromatic heterocycles. The van der Waals surface area contributed by atoms with Crippen LogP contribution in [0.4, 0.5) is 34.1 Å². The van der Waals surface area contributed by atoms with Crippen LogP contribution < -0.4 is 9.80 Å². The molecule has 0 atom stereocenters. The second kappa shape index (κ2) is 10.9. The van der Waals surface area contributed by atoms with Crippen LogP contribution in [-0.4, -0.2) is 0 Å². The van der Waals surface area contributed by atoms with Crippen LogP contribution in [0.5, 0.6) is 0 Å². The van der Waals surface area contributed by atoms with Crippen molar-refractivity contribution in [3.8, 4) is 0 Å². The summed E-state index contributed by atoms with van der Waals surface area (Å²) >= 11 is 3.69. The molecular formula is C46H30N2OS2. The minimum Gasteiger partial charge on any atom is -0.456 e. The van der Waals surface area contributed by atoms with Gasteiger partial charge in [0.25, 0.3) is 0 Å². The van der Waals surface area contributed by atoms with Gasteiger partial charge in [-0.1, -0.05) is 114 Å². The number of benzene rings is 8. The number of anilines is 6. The number of hydrogen-bond donors (Lipinski definition) is 0. The van der Waals surface area contributed by atoms with E-state index in [-0.39, 0.29) is 0 Å². The van der Waals surface area contributed by atoms with Gasteiger partial charge in [0.2, 0.25) is 0 Å². The van der Waals surface area contributed by atoms with Crippen molar-refractivity contribution in [3.05, 3.63) is 157 Å². The van der Waals surface area contributed by atoms with Crippen LogP contribution in [0.25, 0.3) is 43.5 Å². The zero-order valence-corrected chi connectivity index (χ0v) is 29.6. The molecule has 0 radical (unpaired) electrons. The highest BCUT2D eigenvalue weighted by Crippen LogP contribution is 2.59. The number of nitrogens with zero attached hydrogens (tertiary/aromatic N) is 2. The highest BCUT2D eigenvalue weighted by molar-refractivity contribution is 8.00. The van der Waals surface area contributed by atoms with E-state index >= 15 is 0 Å². The van der Waals surface area contributed by atoms with Crippen LogP contribution >= 0.6 is 23.5 Å². The maximum absolute atomic E-state index is 6.52. The molecular weight excluding hydrogens is 661 g/mol. The van der Waals surface area contributed by atoms with Gasteiger partial charge in [-0.2, -0.15) is 0 Å². The minimum absolute atomic E-state index is 0.899. The van der Waals surface area contributed by atoms with Gasteiger partial charge in [-0.05, 0) is 74.5 Å². The Hall–Kier alpha value is -5.62. The number of para-hydroxylation sites is 4. The zero-order chi connectivity index (χ0) is 33.8. The molecule has 0 amide bonds. The van der Waals surface area contributed by atoms with Crippen molar-refractivity contribution >= 4 is 101 Å². The lowest BCUT2D eigenvalue weighted by Gasteiger charge is -2.37. The standard InChI is InChI=1S/C46H30N2OS2/c1-27-20-22-31-33(23-27)45(47-35-12-4-8-16-41(35)50-42-17-9-5-13-36(42)47)30-21-19-28(2)24-34(30)46(31)48-37-14-6-10-18-43(37)51-44-25-32-29-11-3-7-15-39(29)49-40(32)26-38(44)48/h3-26H,1-2H3. The third-order valence-corrected chi connectivity index (χ3v) is 12.5. The second-order valence-electron chi connectivity index (χ2n) is 13.5. The fourth-order valence-electron chi connectivity index (χ4n) is 8.05. The van der Waals surface area contributed by atoms with E-state index in [0.717, 1.165) is 27.6 Å². The summed E-state index contributed by atoms with van der Waals surface area (Å²) in [7, 11) is 0. The molecule has 3 heterocycles. The Morgan fingerprint density at radius 1 is 0.373 bits per heavy atom. The third kappa shape index (κ3) is 4.29. The van der Waals surface area contributed by atoms with E-state index in [1.165, 1.54) is 80.7 Å². The van der Waals surface area contributed by atoms with Gasteiger partial charge in [0, 0.05) is 58.0 Å². The van der Waals surface area contributed by atoms with Crippen molar-refractivity contribution in [2.24, 2.45) is 0 Å². The molecule has 5 heteroatoms. The van der Waals surface area contributed by atoms with Gasteiger partial charge in [-0.15, -0.1) is 0 Å². The number of hydrogen-bond acceptors (Lipinski definition) is 5. The summed E-state index contributed by atoms with van der Waals surface area (Å²) in [4.78, 5) is 9.98. The van der Waals surface area contributed by atoms with Crippen molar-refractivity contribution in [2.75, 3.05) is 9.80 Å². The van der Waals surface area contributed by atoms with Gasteiger partial charge in [0.05, 0.1) is 34.1 Å². The van der Waals surface area contributed by atoms with Gasteiger partial charge in [-0.3, -0.25) is 0 Å². The van der Waals surface area contributed by atoms with E-state index in [0.29, 0.717) is 0 Å². The lowest BCUT2D eigenvalue weighted by molar-refractivity contribution is 0.668. The van der Waals surface area contributed by atoms with E-state index in [9.17, 15) is 0 Å². The molecule has 0 saturated carbocycles. The van der Waals surface area contributed by atoms with E-state index in [4.69, 9.17) is 4.42 Å². The molecule has 0 N–H and O–H groups in total. The second-order valence-corrected chi connectivity index (χ2v) is 15.7. The Labute approximate surface area is 304 Å². The molecule has 0 saturated heterocycles. The van der Waals surface area contributed by atoms with Crippen molar-refractivity contribution in [2.45, 2.75) is 33.4 Å². The van der Waals surface area contributed by atoms with E-state index < -0.39 is 0 Å². The first-order chi connectivity index (χ1) is 25.1. The number of rotatable bonds is 2. The van der Waals surface area contributed by atoms with Gasteiger partial charge in [-0.25, -0.2) is 0 Å². The lowest BCUT2D eigenvalue weighted by atomic mass is 9.93. The molecule has 0 spiro atoms. The molecule has 0 unspecified atom stereocenters. The van der Waals surface area contributed by atoms with Crippen LogP contribution in [0, 0.1) is 13.8 Å². The fraction of sp³-hybridized carbons (Fsp3) is 0.0435. The Morgan fingerprint density at radius 2 is 0.863 bits per heavy atom. The molecule has 0 aliphatic carbocycles. The highest BCUT2D eigenvalue weighted by Gasteiger charge is 2.33. The largest absolute Gasteiger partial charge is 0.456 e. The van der Waals surface area contributed by atoms with Crippen molar-refractivity contribution in [1.29, 1.82) is 0 Å². The first-order valence-electron chi connectivity index (χ1n) is 17.3. The minimum atomic E-state index is 0.899. The van der Waals surface area contributed by atoms with Crippen LogP contribution in [-0.2, 0) is 0 Å². The van der Waals surface area contributed by atoms with E-state index in [1.807, 2.05) is 29.6 Å². The van der Waals surface area contributed by atoms with Gasteiger partial charge in [0.1, 0.15) is 11.2 Å². The quantitative estimate of drug-likeness (QED) is 0.168.